The maximum absolute atomic E-state index is 12.7. The SMILES string of the molecule is COc1cc(C(=O)N[C@H]2COc3c(Cl)cccc32)ccc1-n1cnc(C)c1. The summed E-state index contributed by atoms with van der Waals surface area (Å²) < 4.78 is 13.0. The van der Waals surface area contributed by atoms with E-state index in [4.69, 9.17) is 21.1 Å². The number of carbonyl (C=O) groups excluding carboxylic acids is 1. The maximum Gasteiger partial charge on any atom is 0.252 e. The molecular weight excluding hydrogens is 366 g/mol. The highest BCUT2D eigenvalue weighted by atomic mass is 35.5. The lowest BCUT2D eigenvalue weighted by Gasteiger charge is -2.14. The number of hydrogen-bond acceptors (Lipinski definition) is 4. The lowest BCUT2D eigenvalue weighted by atomic mass is 10.1. The second kappa shape index (κ2) is 6.96. The van der Waals surface area contributed by atoms with E-state index in [9.17, 15) is 4.79 Å². The quantitative estimate of drug-likeness (QED) is 0.746. The third-order valence-corrected chi connectivity index (χ3v) is 4.80. The molecule has 4 rings (SSSR count). The molecule has 0 radical (unpaired) electrons. The van der Waals surface area contributed by atoms with Crippen molar-refractivity contribution in [2.75, 3.05) is 13.7 Å². The molecule has 0 saturated carbocycles. The predicted octanol–water partition coefficient (Wildman–Crippen LogP) is 3.71. The summed E-state index contributed by atoms with van der Waals surface area (Å²) in [6.07, 6.45) is 3.61. The van der Waals surface area contributed by atoms with Crippen molar-refractivity contribution < 1.29 is 14.3 Å². The first-order valence-electron chi connectivity index (χ1n) is 8.48. The molecule has 0 unspecified atom stereocenters. The van der Waals surface area contributed by atoms with E-state index in [0.29, 0.717) is 28.7 Å². The molecule has 138 valence electrons. The van der Waals surface area contributed by atoms with E-state index in [1.807, 2.05) is 35.9 Å². The van der Waals surface area contributed by atoms with Crippen LogP contribution in [0.2, 0.25) is 5.02 Å². The van der Waals surface area contributed by atoms with Crippen molar-refractivity contribution in [3.05, 3.63) is 70.8 Å². The minimum absolute atomic E-state index is 0.205. The molecule has 0 spiro atoms. The van der Waals surface area contributed by atoms with Crippen LogP contribution in [0.25, 0.3) is 5.69 Å². The molecule has 1 aromatic heterocycles. The molecule has 1 atom stereocenters. The smallest absolute Gasteiger partial charge is 0.252 e. The molecule has 6 nitrogen and oxygen atoms in total. The van der Waals surface area contributed by atoms with Crippen molar-refractivity contribution in [3.63, 3.8) is 0 Å². The molecule has 0 saturated heterocycles. The van der Waals surface area contributed by atoms with Gasteiger partial charge < -0.3 is 19.4 Å². The lowest BCUT2D eigenvalue weighted by Crippen LogP contribution is -2.29. The molecule has 1 N–H and O–H groups in total. The minimum atomic E-state index is -0.242. The van der Waals surface area contributed by atoms with E-state index in [1.54, 1.807) is 31.6 Å². The number of aryl methyl sites for hydroxylation is 1. The fourth-order valence-corrected chi connectivity index (χ4v) is 3.39. The van der Waals surface area contributed by atoms with Crippen LogP contribution in [0.4, 0.5) is 0 Å². The van der Waals surface area contributed by atoms with Crippen molar-refractivity contribution in [2.45, 2.75) is 13.0 Å². The van der Waals surface area contributed by atoms with Crippen LogP contribution in [0.3, 0.4) is 0 Å². The van der Waals surface area contributed by atoms with Gasteiger partial charge >= 0.3 is 0 Å². The number of aromatic nitrogens is 2. The molecule has 0 aliphatic carbocycles. The van der Waals surface area contributed by atoms with Gasteiger partial charge in [0.15, 0.2) is 0 Å². The van der Waals surface area contributed by atoms with Gasteiger partial charge in [-0.1, -0.05) is 23.7 Å². The summed E-state index contributed by atoms with van der Waals surface area (Å²) in [5.74, 6) is 1.02. The summed E-state index contributed by atoms with van der Waals surface area (Å²) in [5, 5.41) is 3.54. The average molecular weight is 384 g/mol. The Morgan fingerprint density at radius 3 is 2.96 bits per heavy atom. The Labute approximate surface area is 161 Å². The van der Waals surface area contributed by atoms with Crippen molar-refractivity contribution in [1.29, 1.82) is 0 Å². The summed E-state index contributed by atoms with van der Waals surface area (Å²) in [4.78, 5) is 17.0. The van der Waals surface area contributed by atoms with E-state index in [1.165, 1.54) is 0 Å². The van der Waals surface area contributed by atoms with Crippen LogP contribution in [-0.2, 0) is 0 Å². The van der Waals surface area contributed by atoms with Crippen LogP contribution < -0.4 is 14.8 Å². The molecule has 0 bridgehead atoms. The van der Waals surface area contributed by atoms with Crippen LogP contribution in [-0.4, -0.2) is 29.2 Å². The second-order valence-electron chi connectivity index (χ2n) is 6.30. The summed E-state index contributed by atoms with van der Waals surface area (Å²) in [7, 11) is 1.58. The third-order valence-electron chi connectivity index (χ3n) is 4.50. The fraction of sp³-hybridized carbons (Fsp3) is 0.200. The van der Waals surface area contributed by atoms with Crippen molar-refractivity contribution in [2.24, 2.45) is 0 Å². The average Bonchev–Trinajstić information content (AvgIpc) is 3.28. The van der Waals surface area contributed by atoms with Crippen LogP contribution in [0.15, 0.2) is 48.9 Å². The van der Waals surface area contributed by atoms with Gasteiger partial charge in [-0.25, -0.2) is 4.98 Å². The van der Waals surface area contributed by atoms with E-state index in [2.05, 4.69) is 10.3 Å². The van der Waals surface area contributed by atoms with Crippen molar-refractivity contribution >= 4 is 17.5 Å². The molecule has 1 aliphatic rings. The number of benzene rings is 2. The Morgan fingerprint density at radius 1 is 1.37 bits per heavy atom. The number of rotatable bonds is 4. The van der Waals surface area contributed by atoms with Gasteiger partial charge in [0.25, 0.3) is 5.91 Å². The number of fused-ring (bicyclic) bond motifs is 1. The van der Waals surface area contributed by atoms with Crippen LogP contribution in [0, 0.1) is 6.92 Å². The number of methoxy groups -OCH3 is 1. The Morgan fingerprint density at radius 2 is 2.22 bits per heavy atom. The van der Waals surface area contributed by atoms with E-state index in [-0.39, 0.29) is 11.9 Å². The van der Waals surface area contributed by atoms with Crippen LogP contribution in [0.1, 0.15) is 27.7 Å². The molecule has 1 aliphatic heterocycles. The number of nitrogens with zero attached hydrogens (tertiary/aromatic N) is 2. The highest BCUT2D eigenvalue weighted by Crippen LogP contribution is 2.38. The Bertz CT molecular complexity index is 1020. The van der Waals surface area contributed by atoms with Gasteiger partial charge in [0.05, 0.1) is 35.9 Å². The monoisotopic (exact) mass is 383 g/mol. The zero-order valence-electron chi connectivity index (χ0n) is 14.9. The van der Waals surface area contributed by atoms with Gasteiger partial charge in [-0.05, 0) is 31.2 Å². The highest BCUT2D eigenvalue weighted by molar-refractivity contribution is 6.32. The van der Waals surface area contributed by atoms with E-state index in [0.717, 1.165) is 16.9 Å². The zero-order chi connectivity index (χ0) is 19.0. The van der Waals surface area contributed by atoms with Gasteiger partial charge in [0, 0.05) is 17.3 Å². The largest absolute Gasteiger partial charge is 0.495 e. The summed E-state index contributed by atoms with van der Waals surface area (Å²) >= 11 is 6.14. The molecule has 3 aromatic rings. The third kappa shape index (κ3) is 3.24. The van der Waals surface area contributed by atoms with Gasteiger partial charge in [-0.2, -0.15) is 0 Å². The van der Waals surface area contributed by atoms with Gasteiger partial charge in [-0.15, -0.1) is 0 Å². The molecule has 0 fully saturated rings. The molecule has 1 amide bonds. The normalized spacial score (nSPS) is 15.1. The highest BCUT2D eigenvalue weighted by Gasteiger charge is 2.27. The van der Waals surface area contributed by atoms with Gasteiger partial charge in [-0.3, -0.25) is 4.79 Å². The number of amides is 1. The van der Waals surface area contributed by atoms with Crippen molar-refractivity contribution in [3.8, 4) is 17.2 Å². The predicted molar refractivity (Wildman–Crippen MR) is 102 cm³/mol. The lowest BCUT2D eigenvalue weighted by molar-refractivity contribution is 0.0930. The maximum atomic E-state index is 12.7. The number of imidazole rings is 1. The first kappa shape index (κ1) is 17.4. The first-order chi connectivity index (χ1) is 13.1. The molecule has 2 heterocycles. The van der Waals surface area contributed by atoms with Crippen LogP contribution in [0.5, 0.6) is 11.5 Å². The minimum Gasteiger partial charge on any atom is -0.495 e. The molecule has 27 heavy (non-hydrogen) atoms. The Kier molecular flexibility index (Phi) is 4.49. The van der Waals surface area contributed by atoms with Crippen LogP contribution >= 0.6 is 11.6 Å². The zero-order valence-corrected chi connectivity index (χ0v) is 15.7. The summed E-state index contributed by atoms with van der Waals surface area (Å²) in [6.45, 7) is 2.27. The molecule has 7 heteroatoms. The standard InChI is InChI=1S/C20H18ClN3O3/c1-12-9-24(11-22-12)17-7-6-13(8-18(17)26-2)20(25)23-16-10-27-19-14(16)4-3-5-15(19)21/h3-9,11,16H,10H2,1-2H3,(H,23,25)/t16-/m0/s1. The second-order valence-corrected chi connectivity index (χ2v) is 6.71. The summed E-state index contributed by atoms with van der Waals surface area (Å²) in [6, 6.07) is 10.6. The van der Waals surface area contributed by atoms with E-state index < -0.39 is 0 Å². The number of halogens is 1. The topological polar surface area (TPSA) is 65.4 Å². The van der Waals surface area contributed by atoms with E-state index >= 15 is 0 Å². The number of carbonyl (C=O) groups is 1. The number of hydrogen-bond donors (Lipinski definition) is 1. The summed E-state index contributed by atoms with van der Waals surface area (Å²) in [5.41, 5.74) is 3.10. The van der Waals surface area contributed by atoms with Gasteiger partial charge in [0.1, 0.15) is 18.1 Å². The number of ether oxygens (including phenoxy) is 2. The Balaban J connectivity index is 1.58. The van der Waals surface area contributed by atoms with Gasteiger partial charge in [0.2, 0.25) is 0 Å². The molecule has 2 aromatic carbocycles. The number of para-hydroxylation sites is 1. The van der Waals surface area contributed by atoms with Crippen molar-refractivity contribution in [1.82, 2.24) is 14.9 Å². The Hall–Kier alpha value is -2.99. The fourth-order valence-electron chi connectivity index (χ4n) is 3.15. The molecular formula is C20H18ClN3O3. The number of nitrogens with one attached hydrogen (secondary N) is 1. The first-order valence-corrected chi connectivity index (χ1v) is 8.85.